The molecule has 1 aliphatic heterocycles. The number of nitrogens with zero attached hydrogens (tertiary/aromatic N) is 1. The molecule has 2 heterocycles. The van der Waals surface area contributed by atoms with Crippen molar-refractivity contribution < 1.29 is 8.42 Å². The van der Waals surface area contributed by atoms with Gasteiger partial charge in [0.2, 0.25) is 0 Å². The Morgan fingerprint density at radius 2 is 2.33 bits per heavy atom. The largest absolute Gasteiger partial charge is 0.313 e. The van der Waals surface area contributed by atoms with Crippen LogP contribution in [0.15, 0.2) is 10.3 Å². The van der Waals surface area contributed by atoms with E-state index in [-0.39, 0.29) is 6.04 Å². The zero-order valence-corrected chi connectivity index (χ0v) is 12.8. The van der Waals surface area contributed by atoms with Crippen LogP contribution in [0.1, 0.15) is 18.4 Å². The van der Waals surface area contributed by atoms with E-state index in [9.17, 15) is 8.42 Å². The van der Waals surface area contributed by atoms with Crippen LogP contribution >= 0.6 is 22.9 Å². The summed E-state index contributed by atoms with van der Waals surface area (Å²) < 4.78 is 27.0. The van der Waals surface area contributed by atoms with Crippen LogP contribution in [0, 0.1) is 6.92 Å². The highest BCUT2D eigenvalue weighted by atomic mass is 35.5. The molecule has 18 heavy (non-hydrogen) atoms. The molecule has 2 rings (SSSR count). The van der Waals surface area contributed by atoms with Crippen molar-refractivity contribution in [2.45, 2.75) is 30.0 Å². The number of halogens is 1. The minimum Gasteiger partial charge on any atom is -0.313 e. The molecule has 0 aromatic carbocycles. The molecule has 0 aliphatic carbocycles. The Bertz CT molecular complexity index is 502. The van der Waals surface area contributed by atoms with E-state index in [1.165, 1.54) is 4.31 Å². The molecule has 0 spiro atoms. The quantitative estimate of drug-likeness (QED) is 0.926. The molecular formula is C11H17ClN2O2S2. The third-order valence-electron chi connectivity index (χ3n) is 3.14. The van der Waals surface area contributed by atoms with E-state index in [4.69, 9.17) is 11.6 Å². The highest BCUT2D eigenvalue weighted by Gasteiger charge is 2.27. The van der Waals surface area contributed by atoms with E-state index in [2.05, 4.69) is 5.32 Å². The van der Waals surface area contributed by atoms with Gasteiger partial charge in [0.05, 0.1) is 4.34 Å². The Hall–Kier alpha value is -0.140. The molecular weight excluding hydrogens is 292 g/mol. The van der Waals surface area contributed by atoms with Gasteiger partial charge in [-0.05, 0) is 37.9 Å². The van der Waals surface area contributed by atoms with Gasteiger partial charge in [-0.25, -0.2) is 8.42 Å². The van der Waals surface area contributed by atoms with Crippen molar-refractivity contribution >= 4 is 33.0 Å². The Kier molecular flexibility index (Phi) is 4.33. The molecule has 1 aromatic heterocycles. The van der Waals surface area contributed by atoms with E-state index in [0.717, 1.165) is 36.3 Å². The summed E-state index contributed by atoms with van der Waals surface area (Å²) in [6, 6.07) is 1.90. The van der Waals surface area contributed by atoms with Gasteiger partial charge in [0.25, 0.3) is 10.0 Å². The van der Waals surface area contributed by atoms with Crippen LogP contribution in [0.5, 0.6) is 0 Å². The van der Waals surface area contributed by atoms with Crippen molar-refractivity contribution in [3.8, 4) is 0 Å². The average Bonchev–Trinajstić information content (AvgIpc) is 2.90. The molecule has 1 atom stereocenters. The number of hydrogen-bond acceptors (Lipinski definition) is 4. The molecule has 1 unspecified atom stereocenters. The van der Waals surface area contributed by atoms with Gasteiger partial charge in [-0.15, -0.1) is 11.3 Å². The summed E-state index contributed by atoms with van der Waals surface area (Å²) in [5.74, 6) is 0. The molecule has 0 bridgehead atoms. The Morgan fingerprint density at radius 3 is 2.83 bits per heavy atom. The van der Waals surface area contributed by atoms with Gasteiger partial charge in [-0.1, -0.05) is 11.6 Å². The first-order valence-electron chi connectivity index (χ1n) is 5.87. The number of rotatable bonds is 4. The molecule has 1 aliphatic rings. The molecule has 7 heteroatoms. The lowest BCUT2D eigenvalue weighted by Gasteiger charge is -2.20. The molecule has 0 amide bonds. The molecule has 1 N–H and O–H groups in total. The van der Waals surface area contributed by atoms with Crippen LogP contribution in [-0.2, 0) is 10.0 Å². The number of aryl methyl sites for hydroxylation is 1. The second-order valence-electron chi connectivity index (χ2n) is 4.60. The Balaban J connectivity index is 2.14. The zero-order chi connectivity index (χ0) is 13.3. The highest BCUT2D eigenvalue weighted by molar-refractivity contribution is 7.91. The summed E-state index contributed by atoms with van der Waals surface area (Å²) in [5, 5.41) is 3.30. The van der Waals surface area contributed by atoms with Crippen molar-refractivity contribution in [1.82, 2.24) is 9.62 Å². The number of hydrogen-bond donors (Lipinski definition) is 1. The average molecular weight is 309 g/mol. The predicted molar refractivity (Wildman–Crippen MR) is 74.9 cm³/mol. The van der Waals surface area contributed by atoms with Gasteiger partial charge >= 0.3 is 0 Å². The van der Waals surface area contributed by atoms with Crippen LogP contribution in [-0.4, -0.2) is 38.9 Å². The van der Waals surface area contributed by atoms with Crippen LogP contribution < -0.4 is 5.32 Å². The topological polar surface area (TPSA) is 49.4 Å². The van der Waals surface area contributed by atoms with E-state index in [1.807, 2.05) is 6.92 Å². The number of nitrogens with one attached hydrogen (secondary N) is 1. The summed E-state index contributed by atoms with van der Waals surface area (Å²) in [5.41, 5.74) is 0.813. The molecule has 1 fully saturated rings. The highest BCUT2D eigenvalue weighted by Crippen LogP contribution is 2.31. The lowest BCUT2D eigenvalue weighted by Crippen LogP contribution is -2.38. The van der Waals surface area contributed by atoms with Gasteiger partial charge in [0.1, 0.15) is 4.21 Å². The molecule has 102 valence electrons. The third-order valence-corrected chi connectivity index (χ3v) is 6.97. The molecule has 4 nitrogen and oxygen atoms in total. The van der Waals surface area contributed by atoms with Crippen molar-refractivity contribution in [3.63, 3.8) is 0 Å². The zero-order valence-electron chi connectivity index (χ0n) is 10.4. The van der Waals surface area contributed by atoms with Gasteiger partial charge < -0.3 is 5.32 Å². The lowest BCUT2D eigenvalue weighted by atomic mass is 10.2. The van der Waals surface area contributed by atoms with Gasteiger partial charge in [0, 0.05) is 19.6 Å². The maximum Gasteiger partial charge on any atom is 0.252 e. The smallest absolute Gasteiger partial charge is 0.252 e. The van der Waals surface area contributed by atoms with Crippen LogP contribution in [0.25, 0.3) is 0 Å². The van der Waals surface area contributed by atoms with Crippen molar-refractivity contribution in [2.24, 2.45) is 0 Å². The summed E-state index contributed by atoms with van der Waals surface area (Å²) in [6.07, 6.45) is 2.15. The van der Waals surface area contributed by atoms with Crippen molar-refractivity contribution in [2.75, 3.05) is 20.1 Å². The summed E-state index contributed by atoms with van der Waals surface area (Å²) >= 11 is 7.06. The SMILES string of the molecule is Cc1cc(S(=O)(=O)N(C)CC2CCCN2)sc1Cl. The Morgan fingerprint density at radius 1 is 1.61 bits per heavy atom. The molecule has 0 saturated carbocycles. The number of sulfonamides is 1. The maximum absolute atomic E-state index is 12.3. The standard InChI is InChI=1S/C11H17ClN2O2S2/c1-8-6-10(17-11(8)12)18(15,16)14(2)7-9-4-3-5-13-9/h6,9,13H,3-5,7H2,1-2H3. The lowest BCUT2D eigenvalue weighted by molar-refractivity contribution is 0.418. The molecule has 1 saturated heterocycles. The molecule has 1 aromatic rings. The fourth-order valence-corrected chi connectivity index (χ4v) is 5.17. The van der Waals surface area contributed by atoms with Gasteiger partial charge in [-0.2, -0.15) is 4.31 Å². The van der Waals surface area contributed by atoms with Crippen LogP contribution in [0.3, 0.4) is 0 Å². The summed E-state index contributed by atoms with van der Waals surface area (Å²) in [6.45, 7) is 3.30. The first-order chi connectivity index (χ1) is 8.41. The van der Waals surface area contributed by atoms with Crippen molar-refractivity contribution in [3.05, 3.63) is 16.0 Å². The first-order valence-corrected chi connectivity index (χ1v) is 8.50. The second-order valence-corrected chi connectivity index (χ2v) is 8.53. The number of likely N-dealkylation sites (N-methyl/N-ethyl adjacent to an activating group) is 1. The normalized spacial score (nSPS) is 20.8. The summed E-state index contributed by atoms with van der Waals surface area (Å²) in [4.78, 5) is 0. The molecule has 0 radical (unpaired) electrons. The third kappa shape index (κ3) is 2.88. The minimum atomic E-state index is -3.40. The fourth-order valence-electron chi connectivity index (χ4n) is 2.03. The summed E-state index contributed by atoms with van der Waals surface area (Å²) in [7, 11) is -1.78. The van der Waals surface area contributed by atoms with Crippen molar-refractivity contribution in [1.29, 1.82) is 0 Å². The van der Waals surface area contributed by atoms with E-state index < -0.39 is 10.0 Å². The van der Waals surface area contributed by atoms with E-state index in [1.54, 1.807) is 13.1 Å². The number of thiophene rings is 1. The van der Waals surface area contributed by atoms with Gasteiger partial charge in [-0.3, -0.25) is 0 Å². The second kappa shape index (κ2) is 5.46. The maximum atomic E-state index is 12.3. The monoisotopic (exact) mass is 308 g/mol. The van der Waals surface area contributed by atoms with Crippen LogP contribution in [0.4, 0.5) is 0 Å². The van der Waals surface area contributed by atoms with E-state index in [0.29, 0.717) is 15.1 Å². The van der Waals surface area contributed by atoms with Gasteiger partial charge in [0.15, 0.2) is 0 Å². The van der Waals surface area contributed by atoms with Crippen LogP contribution in [0.2, 0.25) is 4.34 Å². The minimum absolute atomic E-state index is 0.265. The fraction of sp³-hybridized carbons (Fsp3) is 0.636. The first kappa shape index (κ1) is 14.3. The Labute approximate surface area is 117 Å². The van der Waals surface area contributed by atoms with E-state index >= 15 is 0 Å². The predicted octanol–water partition coefficient (Wildman–Crippen LogP) is 2.08.